The number of nitrogens with one attached hydrogen (secondary N) is 1. The molecule has 0 aromatic heterocycles. The maximum atomic E-state index is 13.4. The first-order chi connectivity index (χ1) is 9.04. The summed E-state index contributed by atoms with van der Waals surface area (Å²) in [6, 6.07) is 3.72. The maximum Gasteiger partial charge on any atom is 0.220 e. The molecule has 3 nitrogen and oxygen atoms in total. The summed E-state index contributed by atoms with van der Waals surface area (Å²) in [7, 11) is 0. The van der Waals surface area contributed by atoms with Crippen LogP contribution in [-0.4, -0.2) is 18.0 Å². The van der Waals surface area contributed by atoms with Gasteiger partial charge in [0.15, 0.2) is 0 Å². The van der Waals surface area contributed by atoms with Gasteiger partial charge >= 0.3 is 0 Å². The molecule has 1 saturated carbocycles. The molecule has 5 heteroatoms. The fourth-order valence-corrected chi connectivity index (χ4v) is 2.42. The first-order valence-corrected chi connectivity index (χ1v) is 6.53. The molecule has 0 aliphatic heterocycles. The third kappa shape index (κ3) is 3.99. The summed E-state index contributed by atoms with van der Waals surface area (Å²) in [6.45, 7) is 0. The Hall–Kier alpha value is -1.49. The largest absolute Gasteiger partial charge is 0.353 e. The summed E-state index contributed by atoms with van der Waals surface area (Å²) in [5.74, 6) is -1.32. The van der Waals surface area contributed by atoms with E-state index in [-0.39, 0.29) is 30.8 Å². The summed E-state index contributed by atoms with van der Waals surface area (Å²) < 4.78 is 26.1. The number of halogens is 2. The number of carbonyl (C=O) groups is 1. The number of amides is 1. The monoisotopic (exact) mass is 268 g/mol. The average Bonchev–Trinajstić information content (AvgIpc) is 2.73. The van der Waals surface area contributed by atoms with Crippen LogP contribution in [-0.2, 0) is 11.2 Å². The highest BCUT2D eigenvalue weighted by Crippen LogP contribution is 2.17. The van der Waals surface area contributed by atoms with Crippen LogP contribution in [0.1, 0.15) is 31.2 Å². The SMILES string of the molecule is NC1CCC(NC(=O)CCc2ccc(F)cc2F)C1. The first kappa shape index (κ1) is 13.9. The zero-order valence-electron chi connectivity index (χ0n) is 10.7. The highest BCUT2D eigenvalue weighted by Gasteiger charge is 2.22. The number of carbonyl (C=O) groups excluding carboxylic acids is 1. The number of hydrogen-bond acceptors (Lipinski definition) is 2. The van der Waals surface area contributed by atoms with Crippen LogP contribution in [0, 0.1) is 11.6 Å². The van der Waals surface area contributed by atoms with Gasteiger partial charge in [0.05, 0.1) is 0 Å². The number of hydrogen-bond donors (Lipinski definition) is 2. The van der Waals surface area contributed by atoms with Gasteiger partial charge in [-0.05, 0) is 37.3 Å². The van der Waals surface area contributed by atoms with Gasteiger partial charge in [-0.15, -0.1) is 0 Å². The summed E-state index contributed by atoms with van der Waals surface area (Å²) in [5.41, 5.74) is 6.12. The third-order valence-electron chi connectivity index (χ3n) is 3.47. The van der Waals surface area contributed by atoms with Crippen LogP contribution in [0.3, 0.4) is 0 Å². The Morgan fingerprint density at radius 1 is 1.37 bits per heavy atom. The van der Waals surface area contributed by atoms with Crippen molar-refractivity contribution in [3.8, 4) is 0 Å². The summed E-state index contributed by atoms with van der Waals surface area (Å²) in [5, 5.41) is 2.89. The Morgan fingerprint density at radius 3 is 2.79 bits per heavy atom. The van der Waals surface area contributed by atoms with Gasteiger partial charge in [0.1, 0.15) is 11.6 Å². The van der Waals surface area contributed by atoms with Gasteiger partial charge < -0.3 is 11.1 Å². The molecule has 3 N–H and O–H groups in total. The van der Waals surface area contributed by atoms with E-state index in [2.05, 4.69) is 5.32 Å². The molecular weight excluding hydrogens is 250 g/mol. The van der Waals surface area contributed by atoms with Crippen LogP contribution in [0.4, 0.5) is 8.78 Å². The van der Waals surface area contributed by atoms with Crippen molar-refractivity contribution in [3.05, 3.63) is 35.4 Å². The highest BCUT2D eigenvalue weighted by molar-refractivity contribution is 5.76. The maximum absolute atomic E-state index is 13.4. The van der Waals surface area contributed by atoms with E-state index in [0.29, 0.717) is 5.56 Å². The van der Waals surface area contributed by atoms with E-state index in [1.54, 1.807) is 0 Å². The average molecular weight is 268 g/mol. The van der Waals surface area contributed by atoms with Gasteiger partial charge in [0.25, 0.3) is 0 Å². The van der Waals surface area contributed by atoms with Crippen LogP contribution < -0.4 is 11.1 Å². The highest BCUT2D eigenvalue weighted by atomic mass is 19.1. The zero-order chi connectivity index (χ0) is 13.8. The number of rotatable bonds is 4. The first-order valence-electron chi connectivity index (χ1n) is 6.53. The van der Waals surface area contributed by atoms with Gasteiger partial charge in [-0.3, -0.25) is 4.79 Å². The summed E-state index contributed by atoms with van der Waals surface area (Å²) in [4.78, 5) is 11.7. The lowest BCUT2D eigenvalue weighted by Gasteiger charge is -2.12. The minimum Gasteiger partial charge on any atom is -0.353 e. The van der Waals surface area contributed by atoms with E-state index in [1.165, 1.54) is 12.1 Å². The molecular formula is C14H18F2N2O. The van der Waals surface area contributed by atoms with E-state index in [9.17, 15) is 13.6 Å². The van der Waals surface area contributed by atoms with E-state index >= 15 is 0 Å². The van der Waals surface area contributed by atoms with Gasteiger partial charge in [-0.1, -0.05) is 6.07 Å². The number of nitrogens with two attached hydrogens (primary N) is 1. The van der Waals surface area contributed by atoms with E-state index in [4.69, 9.17) is 5.73 Å². The zero-order valence-corrected chi connectivity index (χ0v) is 10.7. The van der Waals surface area contributed by atoms with Crippen molar-refractivity contribution >= 4 is 5.91 Å². The third-order valence-corrected chi connectivity index (χ3v) is 3.47. The smallest absolute Gasteiger partial charge is 0.220 e. The van der Waals surface area contributed by atoms with Crippen molar-refractivity contribution in [3.63, 3.8) is 0 Å². The quantitative estimate of drug-likeness (QED) is 0.876. The Balaban J connectivity index is 1.80. The fourth-order valence-electron chi connectivity index (χ4n) is 2.42. The van der Waals surface area contributed by atoms with Crippen molar-refractivity contribution in [2.45, 2.75) is 44.2 Å². The molecule has 0 spiro atoms. The Labute approximate surface area is 111 Å². The molecule has 1 aromatic rings. The van der Waals surface area contributed by atoms with Crippen molar-refractivity contribution in [2.24, 2.45) is 5.73 Å². The van der Waals surface area contributed by atoms with Crippen molar-refractivity contribution < 1.29 is 13.6 Å². The van der Waals surface area contributed by atoms with Crippen molar-refractivity contribution in [2.75, 3.05) is 0 Å². The second-order valence-corrected chi connectivity index (χ2v) is 5.07. The molecule has 1 aromatic carbocycles. The van der Waals surface area contributed by atoms with Gasteiger partial charge in [0.2, 0.25) is 5.91 Å². The van der Waals surface area contributed by atoms with Gasteiger partial charge in [0, 0.05) is 24.6 Å². The molecule has 2 rings (SSSR count). The van der Waals surface area contributed by atoms with Crippen LogP contribution in [0.5, 0.6) is 0 Å². The number of benzene rings is 1. The predicted molar refractivity (Wildman–Crippen MR) is 68.4 cm³/mol. The predicted octanol–water partition coefficient (Wildman–Crippen LogP) is 1.89. The molecule has 2 unspecified atom stereocenters. The second-order valence-electron chi connectivity index (χ2n) is 5.07. The molecule has 1 amide bonds. The minimum atomic E-state index is -0.606. The molecule has 0 heterocycles. The van der Waals surface area contributed by atoms with E-state index < -0.39 is 11.6 Å². The van der Waals surface area contributed by atoms with Crippen LogP contribution in [0.15, 0.2) is 18.2 Å². The Morgan fingerprint density at radius 2 is 2.16 bits per heavy atom. The van der Waals surface area contributed by atoms with E-state index in [1.807, 2.05) is 0 Å². The molecule has 0 saturated heterocycles. The van der Waals surface area contributed by atoms with Crippen LogP contribution in [0.2, 0.25) is 0 Å². The van der Waals surface area contributed by atoms with Gasteiger partial charge in [-0.25, -0.2) is 8.78 Å². The van der Waals surface area contributed by atoms with Crippen molar-refractivity contribution in [1.29, 1.82) is 0 Å². The molecule has 104 valence electrons. The summed E-state index contributed by atoms with van der Waals surface area (Å²) >= 11 is 0. The normalized spacial score (nSPS) is 22.5. The van der Waals surface area contributed by atoms with Gasteiger partial charge in [-0.2, -0.15) is 0 Å². The lowest BCUT2D eigenvalue weighted by Crippen LogP contribution is -2.34. The lowest BCUT2D eigenvalue weighted by molar-refractivity contribution is -0.121. The standard InChI is InChI=1S/C14H18F2N2O/c15-10-3-1-9(13(16)7-10)2-6-14(19)18-12-5-4-11(17)8-12/h1,3,7,11-12H,2,4-6,8,17H2,(H,18,19). The Bertz CT molecular complexity index is 465. The van der Waals surface area contributed by atoms with Crippen LogP contribution >= 0.6 is 0 Å². The second kappa shape index (κ2) is 6.10. The molecule has 1 aliphatic rings. The molecule has 0 radical (unpaired) electrons. The topological polar surface area (TPSA) is 55.1 Å². The minimum absolute atomic E-state index is 0.108. The lowest BCUT2D eigenvalue weighted by atomic mass is 10.1. The molecule has 0 bridgehead atoms. The molecule has 2 atom stereocenters. The van der Waals surface area contributed by atoms with E-state index in [0.717, 1.165) is 25.3 Å². The van der Waals surface area contributed by atoms with Crippen LogP contribution in [0.25, 0.3) is 0 Å². The summed E-state index contributed by atoms with van der Waals surface area (Å²) in [6.07, 6.45) is 3.11. The molecule has 1 aliphatic carbocycles. The Kier molecular flexibility index (Phi) is 4.47. The molecule has 1 fully saturated rings. The fraction of sp³-hybridized carbons (Fsp3) is 0.500. The number of aryl methyl sites for hydroxylation is 1. The molecule has 19 heavy (non-hydrogen) atoms. The van der Waals surface area contributed by atoms with Crippen molar-refractivity contribution in [1.82, 2.24) is 5.32 Å².